The number of amides is 2. The second-order valence-electron chi connectivity index (χ2n) is 5.29. The topological polar surface area (TPSA) is 36.4 Å². The number of hydrogen-bond donors (Lipinski definition) is 0. The van der Waals surface area contributed by atoms with Crippen LogP contribution in [-0.2, 0) is 6.54 Å². The second kappa shape index (κ2) is 6.55. The molecule has 2 heterocycles. The summed E-state index contributed by atoms with van der Waals surface area (Å²) in [5, 5.41) is 0. The Morgan fingerprint density at radius 1 is 1.42 bits per heavy atom. The van der Waals surface area contributed by atoms with Crippen LogP contribution in [0.4, 0.5) is 4.79 Å². The predicted molar refractivity (Wildman–Crippen MR) is 75.7 cm³/mol. The molecule has 0 saturated carbocycles. The molecular weight excluding hydrogens is 238 g/mol. The van der Waals surface area contributed by atoms with Crippen LogP contribution >= 0.6 is 0 Å². The van der Waals surface area contributed by atoms with Gasteiger partial charge in [0.1, 0.15) is 0 Å². The first-order valence-corrected chi connectivity index (χ1v) is 7.14. The summed E-state index contributed by atoms with van der Waals surface area (Å²) in [6.45, 7) is 7.38. The van der Waals surface area contributed by atoms with E-state index >= 15 is 0 Å². The van der Waals surface area contributed by atoms with E-state index in [-0.39, 0.29) is 6.03 Å². The Morgan fingerprint density at radius 2 is 2.16 bits per heavy atom. The maximum Gasteiger partial charge on any atom is 0.320 e. The lowest BCUT2D eigenvalue weighted by Gasteiger charge is -2.34. The third-order valence-corrected chi connectivity index (χ3v) is 3.79. The number of pyridine rings is 1. The minimum absolute atomic E-state index is 0.153. The summed E-state index contributed by atoms with van der Waals surface area (Å²) >= 11 is 0. The summed E-state index contributed by atoms with van der Waals surface area (Å²) < 4.78 is 0. The van der Waals surface area contributed by atoms with E-state index in [1.165, 1.54) is 0 Å². The summed E-state index contributed by atoms with van der Waals surface area (Å²) in [7, 11) is 0. The van der Waals surface area contributed by atoms with Crippen LogP contribution in [0.3, 0.4) is 0 Å². The van der Waals surface area contributed by atoms with Crippen LogP contribution in [0.15, 0.2) is 24.4 Å². The van der Waals surface area contributed by atoms with Gasteiger partial charge in [0.15, 0.2) is 0 Å². The van der Waals surface area contributed by atoms with Gasteiger partial charge in [-0.25, -0.2) is 4.79 Å². The van der Waals surface area contributed by atoms with Gasteiger partial charge in [0, 0.05) is 25.8 Å². The van der Waals surface area contributed by atoms with E-state index in [9.17, 15) is 4.79 Å². The molecule has 1 fully saturated rings. The molecule has 1 aromatic rings. The third kappa shape index (κ3) is 3.69. The van der Waals surface area contributed by atoms with Crippen LogP contribution in [0.25, 0.3) is 0 Å². The van der Waals surface area contributed by atoms with Crippen molar-refractivity contribution in [3.05, 3.63) is 30.1 Å². The maximum absolute atomic E-state index is 12.5. The summed E-state index contributed by atoms with van der Waals surface area (Å²) in [5.41, 5.74) is 0.947. The van der Waals surface area contributed by atoms with Gasteiger partial charge in [-0.1, -0.05) is 13.0 Å². The van der Waals surface area contributed by atoms with Crippen LogP contribution < -0.4 is 0 Å². The maximum atomic E-state index is 12.5. The van der Waals surface area contributed by atoms with Gasteiger partial charge in [0.05, 0.1) is 12.2 Å². The van der Waals surface area contributed by atoms with E-state index in [4.69, 9.17) is 0 Å². The summed E-state index contributed by atoms with van der Waals surface area (Å²) in [6, 6.07) is 5.98. The van der Waals surface area contributed by atoms with Crippen molar-refractivity contribution in [3.8, 4) is 0 Å². The molecule has 0 radical (unpaired) electrons. The number of carbonyl (C=O) groups is 1. The molecule has 0 aliphatic carbocycles. The average Bonchev–Trinajstić information content (AvgIpc) is 2.46. The fraction of sp³-hybridized carbons (Fsp3) is 0.600. The number of rotatable bonds is 3. The Hall–Kier alpha value is -1.58. The Bertz CT molecular complexity index is 399. The quantitative estimate of drug-likeness (QED) is 0.839. The molecule has 19 heavy (non-hydrogen) atoms. The van der Waals surface area contributed by atoms with Crippen molar-refractivity contribution in [2.24, 2.45) is 5.92 Å². The van der Waals surface area contributed by atoms with Crippen molar-refractivity contribution >= 4 is 6.03 Å². The summed E-state index contributed by atoms with van der Waals surface area (Å²) in [4.78, 5) is 20.6. The van der Waals surface area contributed by atoms with Crippen LogP contribution in [-0.4, -0.2) is 40.4 Å². The molecule has 0 spiro atoms. The fourth-order valence-corrected chi connectivity index (χ4v) is 2.40. The number of piperidine rings is 1. The Kier molecular flexibility index (Phi) is 4.77. The molecule has 104 valence electrons. The third-order valence-electron chi connectivity index (χ3n) is 3.79. The van der Waals surface area contributed by atoms with Gasteiger partial charge in [0.2, 0.25) is 0 Å². The number of carbonyl (C=O) groups excluding carboxylic acids is 1. The number of likely N-dealkylation sites (tertiary alicyclic amines) is 1. The summed E-state index contributed by atoms with van der Waals surface area (Å²) in [6.07, 6.45) is 4.01. The number of urea groups is 1. The molecule has 1 aliphatic heterocycles. The first kappa shape index (κ1) is 13.8. The van der Waals surface area contributed by atoms with Crippen molar-refractivity contribution in [2.75, 3.05) is 19.6 Å². The first-order chi connectivity index (χ1) is 9.20. The highest BCUT2D eigenvalue weighted by atomic mass is 16.2. The van der Waals surface area contributed by atoms with Gasteiger partial charge in [0.25, 0.3) is 0 Å². The van der Waals surface area contributed by atoms with Crippen molar-refractivity contribution < 1.29 is 4.79 Å². The monoisotopic (exact) mass is 261 g/mol. The van der Waals surface area contributed by atoms with Crippen molar-refractivity contribution in [1.29, 1.82) is 0 Å². The molecule has 1 aromatic heterocycles. The van der Waals surface area contributed by atoms with Gasteiger partial charge in [-0.3, -0.25) is 4.98 Å². The summed E-state index contributed by atoms with van der Waals surface area (Å²) in [5.74, 6) is 0.745. The molecule has 0 atom stereocenters. The van der Waals surface area contributed by atoms with Crippen LogP contribution in [0, 0.1) is 5.92 Å². The zero-order valence-electron chi connectivity index (χ0n) is 11.9. The van der Waals surface area contributed by atoms with Crippen molar-refractivity contribution in [3.63, 3.8) is 0 Å². The molecule has 2 rings (SSSR count). The molecule has 2 amide bonds. The van der Waals surface area contributed by atoms with E-state index in [1.54, 1.807) is 6.20 Å². The molecule has 0 unspecified atom stereocenters. The molecule has 1 saturated heterocycles. The fourth-order valence-electron chi connectivity index (χ4n) is 2.40. The smallest absolute Gasteiger partial charge is 0.320 e. The molecule has 4 heteroatoms. The van der Waals surface area contributed by atoms with Gasteiger partial charge in [-0.2, -0.15) is 0 Å². The van der Waals surface area contributed by atoms with E-state index in [1.807, 2.05) is 34.9 Å². The van der Waals surface area contributed by atoms with Crippen LogP contribution in [0.2, 0.25) is 0 Å². The second-order valence-corrected chi connectivity index (χ2v) is 5.29. The van der Waals surface area contributed by atoms with Crippen molar-refractivity contribution in [2.45, 2.75) is 33.2 Å². The number of hydrogen-bond acceptors (Lipinski definition) is 2. The van der Waals surface area contributed by atoms with E-state index in [2.05, 4.69) is 11.9 Å². The average molecular weight is 261 g/mol. The molecule has 0 bridgehead atoms. The Labute approximate surface area is 115 Å². The van der Waals surface area contributed by atoms with Gasteiger partial charge < -0.3 is 9.80 Å². The number of nitrogens with zero attached hydrogens (tertiary/aromatic N) is 3. The van der Waals surface area contributed by atoms with Gasteiger partial charge in [-0.05, 0) is 37.8 Å². The highest BCUT2D eigenvalue weighted by molar-refractivity contribution is 5.74. The number of aromatic nitrogens is 1. The van der Waals surface area contributed by atoms with Crippen molar-refractivity contribution in [1.82, 2.24) is 14.8 Å². The minimum Gasteiger partial charge on any atom is -0.325 e. The molecule has 0 aromatic carbocycles. The minimum atomic E-state index is 0.153. The normalized spacial score (nSPS) is 16.4. The molecular formula is C15H23N3O. The Balaban J connectivity index is 1.95. The molecule has 0 N–H and O–H groups in total. The zero-order valence-corrected chi connectivity index (χ0v) is 11.9. The van der Waals surface area contributed by atoms with Gasteiger partial charge >= 0.3 is 6.03 Å². The van der Waals surface area contributed by atoms with Crippen LogP contribution in [0.1, 0.15) is 32.4 Å². The predicted octanol–water partition coefficient (Wildman–Crippen LogP) is 2.76. The van der Waals surface area contributed by atoms with Gasteiger partial charge in [-0.15, -0.1) is 0 Å². The van der Waals surface area contributed by atoms with Crippen LogP contribution in [0.5, 0.6) is 0 Å². The Morgan fingerprint density at radius 3 is 2.74 bits per heavy atom. The lowest BCUT2D eigenvalue weighted by atomic mass is 9.99. The van der Waals surface area contributed by atoms with E-state index < -0.39 is 0 Å². The highest BCUT2D eigenvalue weighted by Gasteiger charge is 2.24. The highest BCUT2D eigenvalue weighted by Crippen LogP contribution is 2.17. The lowest BCUT2D eigenvalue weighted by Crippen LogP contribution is -2.46. The SMILES string of the molecule is CCN(Cc1ccccn1)C(=O)N1CCC(C)CC1. The van der Waals surface area contributed by atoms with E-state index in [0.29, 0.717) is 6.54 Å². The first-order valence-electron chi connectivity index (χ1n) is 7.14. The molecule has 1 aliphatic rings. The lowest BCUT2D eigenvalue weighted by molar-refractivity contribution is 0.134. The standard InChI is InChI=1S/C15H23N3O/c1-3-17(12-14-6-4-5-9-16-14)15(19)18-10-7-13(2)8-11-18/h4-6,9,13H,3,7-8,10-12H2,1-2H3. The van der Waals surface area contributed by atoms with E-state index in [0.717, 1.165) is 44.1 Å². The zero-order chi connectivity index (χ0) is 13.7. The largest absolute Gasteiger partial charge is 0.325 e. The molecule has 4 nitrogen and oxygen atoms in total.